The van der Waals surface area contributed by atoms with Gasteiger partial charge in [0.2, 0.25) is 0 Å². The zero-order chi connectivity index (χ0) is 15.4. The molecule has 1 saturated heterocycles. The Hall–Kier alpha value is -1.10. The Balaban J connectivity index is 2.00. The van der Waals surface area contributed by atoms with Gasteiger partial charge in [0.25, 0.3) is 5.91 Å². The molecule has 1 N–H and O–H groups in total. The highest BCUT2D eigenvalue weighted by Crippen LogP contribution is 2.17. The average molecular weight is 311 g/mol. The minimum Gasteiger partial charge on any atom is -0.390 e. The Morgan fingerprint density at radius 1 is 1.43 bits per heavy atom. The Labute approximate surface area is 131 Å². The summed E-state index contributed by atoms with van der Waals surface area (Å²) in [4.78, 5) is 16.5. The first-order valence-corrected chi connectivity index (χ1v) is 7.82. The highest BCUT2D eigenvalue weighted by Gasteiger charge is 2.29. The van der Waals surface area contributed by atoms with Gasteiger partial charge in [0.1, 0.15) is 0 Å². The maximum Gasteiger partial charge on any atom is 0.253 e. The number of likely N-dealkylation sites (N-methyl/N-ethyl adjacent to an activating group) is 1. The fourth-order valence-electron chi connectivity index (χ4n) is 2.69. The first-order chi connectivity index (χ1) is 10.0. The van der Waals surface area contributed by atoms with Gasteiger partial charge in [-0.3, -0.25) is 9.69 Å². The van der Waals surface area contributed by atoms with E-state index in [2.05, 4.69) is 11.8 Å². The van der Waals surface area contributed by atoms with Crippen LogP contribution in [-0.2, 0) is 0 Å². The second-order valence-electron chi connectivity index (χ2n) is 5.74. The number of hydrogen-bond donors (Lipinski definition) is 1. The summed E-state index contributed by atoms with van der Waals surface area (Å²) in [6.45, 7) is 4.37. The molecule has 0 aliphatic carbocycles. The van der Waals surface area contributed by atoms with Crippen LogP contribution in [0.15, 0.2) is 24.3 Å². The highest BCUT2D eigenvalue weighted by molar-refractivity contribution is 6.30. The van der Waals surface area contributed by atoms with Crippen molar-refractivity contribution in [3.05, 3.63) is 34.9 Å². The minimum atomic E-state index is -0.204. The van der Waals surface area contributed by atoms with Gasteiger partial charge in [-0.25, -0.2) is 0 Å². The van der Waals surface area contributed by atoms with Gasteiger partial charge < -0.3 is 10.0 Å². The number of β-amino-alcohol motifs (C(OH)–C–C–N with tert-alkyl or cyclic N) is 1. The quantitative estimate of drug-likeness (QED) is 0.876. The summed E-state index contributed by atoms with van der Waals surface area (Å²) < 4.78 is 0. The number of amides is 1. The van der Waals surface area contributed by atoms with Crippen LogP contribution in [0.1, 0.15) is 30.1 Å². The van der Waals surface area contributed by atoms with Gasteiger partial charge in [0, 0.05) is 43.3 Å². The fourth-order valence-corrected chi connectivity index (χ4v) is 2.82. The van der Waals surface area contributed by atoms with Crippen molar-refractivity contribution in [2.75, 3.05) is 26.7 Å². The van der Waals surface area contributed by atoms with E-state index >= 15 is 0 Å². The number of nitrogens with zero attached hydrogens (tertiary/aromatic N) is 2. The number of carbonyl (C=O) groups is 1. The SMILES string of the molecule is CCCC(CN1CC(O)C1)N(C)C(=O)c1ccc(Cl)cc1. The number of aliphatic hydroxyl groups excluding tert-OH is 1. The van der Waals surface area contributed by atoms with Crippen molar-refractivity contribution < 1.29 is 9.90 Å². The average Bonchev–Trinajstić information content (AvgIpc) is 2.44. The summed E-state index contributed by atoms with van der Waals surface area (Å²) >= 11 is 5.86. The molecule has 2 rings (SSSR count). The van der Waals surface area contributed by atoms with E-state index < -0.39 is 0 Å². The first-order valence-electron chi connectivity index (χ1n) is 7.44. The van der Waals surface area contributed by atoms with Gasteiger partial charge in [0.05, 0.1) is 6.10 Å². The zero-order valence-electron chi connectivity index (χ0n) is 12.6. The molecule has 1 atom stereocenters. The number of benzene rings is 1. The zero-order valence-corrected chi connectivity index (χ0v) is 13.4. The third-order valence-corrected chi connectivity index (χ3v) is 4.24. The van der Waals surface area contributed by atoms with Gasteiger partial charge in [0.15, 0.2) is 0 Å². The van der Waals surface area contributed by atoms with E-state index in [-0.39, 0.29) is 18.1 Å². The Kier molecular flexibility index (Phi) is 5.62. The number of halogens is 1. The largest absolute Gasteiger partial charge is 0.390 e. The Morgan fingerprint density at radius 2 is 2.05 bits per heavy atom. The lowest BCUT2D eigenvalue weighted by atomic mass is 10.1. The van der Waals surface area contributed by atoms with Crippen LogP contribution in [0.2, 0.25) is 5.02 Å². The summed E-state index contributed by atoms with van der Waals surface area (Å²) in [5.41, 5.74) is 0.659. The number of hydrogen-bond acceptors (Lipinski definition) is 3. The van der Waals surface area contributed by atoms with E-state index in [9.17, 15) is 9.90 Å². The fraction of sp³-hybridized carbons (Fsp3) is 0.562. The van der Waals surface area contributed by atoms with Crippen LogP contribution in [0, 0.1) is 0 Å². The monoisotopic (exact) mass is 310 g/mol. The molecule has 0 saturated carbocycles. The summed E-state index contributed by atoms with van der Waals surface area (Å²) in [6.07, 6.45) is 1.78. The summed E-state index contributed by atoms with van der Waals surface area (Å²) in [5.74, 6) is 0.0196. The highest BCUT2D eigenvalue weighted by atomic mass is 35.5. The third-order valence-electron chi connectivity index (χ3n) is 3.99. The molecule has 5 heteroatoms. The van der Waals surface area contributed by atoms with Crippen LogP contribution in [0.25, 0.3) is 0 Å². The molecular weight excluding hydrogens is 288 g/mol. The molecule has 0 bridgehead atoms. The van der Waals surface area contributed by atoms with Gasteiger partial charge in [-0.05, 0) is 30.7 Å². The van der Waals surface area contributed by atoms with Gasteiger partial charge in [-0.15, -0.1) is 0 Å². The van der Waals surface area contributed by atoms with Crippen LogP contribution in [0.4, 0.5) is 0 Å². The lowest BCUT2D eigenvalue weighted by Gasteiger charge is -2.40. The molecule has 1 unspecified atom stereocenters. The minimum absolute atomic E-state index is 0.0196. The van der Waals surface area contributed by atoms with Crippen molar-refractivity contribution in [1.29, 1.82) is 0 Å². The molecule has 1 amide bonds. The molecule has 116 valence electrons. The Bertz CT molecular complexity index is 472. The van der Waals surface area contributed by atoms with Gasteiger partial charge in [-0.1, -0.05) is 24.9 Å². The summed E-state index contributed by atoms with van der Waals surface area (Å²) in [7, 11) is 1.85. The van der Waals surface area contributed by atoms with E-state index in [1.807, 2.05) is 11.9 Å². The summed E-state index contributed by atoms with van der Waals surface area (Å²) in [5, 5.41) is 10.0. The second kappa shape index (κ2) is 7.25. The molecule has 0 aromatic heterocycles. The molecule has 4 nitrogen and oxygen atoms in total. The molecule has 1 aliphatic heterocycles. The lowest BCUT2D eigenvalue weighted by molar-refractivity contribution is -0.0113. The number of likely N-dealkylation sites (tertiary alicyclic amines) is 1. The summed E-state index contributed by atoms with van der Waals surface area (Å²) in [6, 6.07) is 7.17. The van der Waals surface area contributed by atoms with E-state index in [1.165, 1.54) is 0 Å². The third kappa shape index (κ3) is 4.19. The van der Waals surface area contributed by atoms with E-state index in [0.29, 0.717) is 23.7 Å². The normalized spacial score (nSPS) is 17.3. The molecular formula is C16H23ClN2O2. The molecule has 1 aliphatic rings. The predicted octanol–water partition coefficient (Wildman–Crippen LogP) is 2.26. The first kappa shape index (κ1) is 16.3. The maximum absolute atomic E-state index is 12.5. The van der Waals surface area contributed by atoms with Crippen molar-refractivity contribution in [3.8, 4) is 0 Å². The van der Waals surface area contributed by atoms with Crippen molar-refractivity contribution in [1.82, 2.24) is 9.80 Å². The van der Waals surface area contributed by atoms with Crippen molar-refractivity contribution in [3.63, 3.8) is 0 Å². The Morgan fingerprint density at radius 3 is 2.57 bits per heavy atom. The smallest absolute Gasteiger partial charge is 0.253 e. The van der Waals surface area contributed by atoms with Crippen molar-refractivity contribution >= 4 is 17.5 Å². The van der Waals surface area contributed by atoms with Crippen LogP contribution in [-0.4, -0.2) is 59.6 Å². The second-order valence-corrected chi connectivity index (χ2v) is 6.17. The van der Waals surface area contributed by atoms with E-state index in [1.54, 1.807) is 24.3 Å². The van der Waals surface area contributed by atoms with Crippen LogP contribution in [0.5, 0.6) is 0 Å². The molecule has 0 spiro atoms. The maximum atomic E-state index is 12.5. The van der Waals surface area contributed by atoms with E-state index in [4.69, 9.17) is 11.6 Å². The van der Waals surface area contributed by atoms with Gasteiger partial charge >= 0.3 is 0 Å². The predicted molar refractivity (Wildman–Crippen MR) is 84.7 cm³/mol. The standard InChI is InChI=1S/C16H23ClN2O2/c1-3-4-14(9-19-10-15(20)11-19)18(2)16(21)12-5-7-13(17)8-6-12/h5-8,14-15,20H,3-4,9-11H2,1-2H3. The number of carbonyl (C=O) groups excluding carboxylic acids is 1. The van der Waals surface area contributed by atoms with Crippen LogP contribution < -0.4 is 0 Å². The number of aliphatic hydroxyl groups is 1. The van der Waals surface area contributed by atoms with Crippen LogP contribution in [0.3, 0.4) is 0 Å². The van der Waals surface area contributed by atoms with Crippen molar-refractivity contribution in [2.24, 2.45) is 0 Å². The molecule has 1 aromatic rings. The molecule has 1 aromatic carbocycles. The molecule has 0 radical (unpaired) electrons. The van der Waals surface area contributed by atoms with Crippen LogP contribution >= 0.6 is 11.6 Å². The lowest BCUT2D eigenvalue weighted by Crippen LogP contribution is -2.55. The molecule has 1 fully saturated rings. The van der Waals surface area contributed by atoms with Gasteiger partial charge in [-0.2, -0.15) is 0 Å². The van der Waals surface area contributed by atoms with Crippen molar-refractivity contribution in [2.45, 2.75) is 31.9 Å². The number of rotatable bonds is 6. The topological polar surface area (TPSA) is 43.8 Å². The molecule has 1 heterocycles. The van der Waals surface area contributed by atoms with E-state index in [0.717, 1.165) is 19.4 Å². The molecule has 21 heavy (non-hydrogen) atoms.